The lowest BCUT2D eigenvalue weighted by atomic mass is 9.92. The standard InChI is InChI=1S/C16H20BrNO2S/c1-3-20-12-6-4-11(5-7-12)13(9-18)15(19)14-8-10(2)16(17)21-14/h4-8,13,15,19H,3,9,18H2,1-2H3. The lowest BCUT2D eigenvalue weighted by Crippen LogP contribution is -2.19. The van der Waals surface area contributed by atoms with Gasteiger partial charge in [0.2, 0.25) is 0 Å². The van der Waals surface area contributed by atoms with Gasteiger partial charge in [-0.1, -0.05) is 12.1 Å². The molecule has 0 amide bonds. The summed E-state index contributed by atoms with van der Waals surface area (Å²) >= 11 is 5.06. The Labute approximate surface area is 137 Å². The number of rotatable bonds is 6. The molecule has 1 heterocycles. The van der Waals surface area contributed by atoms with Gasteiger partial charge in [-0.05, 0) is 59.1 Å². The molecule has 0 bridgehead atoms. The van der Waals surface area contributed by atoms with E-state index in [1.807, 2.05) is 44.2 Å². The van der Waals surface area contributed by atoms with Crippen molar-refractivity contribution >= 4 is 27.3 Å². The lowest BCUT2D eigenvalue weighted by Gasteiger charge is -2.21. The predicted octanol–water partition coefficient (Wildman–Crippen LogP) is 3.99. The lowest BCUT2D eigenvalue weighted by molar-refractivity contribution is 0.151. The van der Waals surface area contributed by atoms with Crippen molar-refractivity contribution in [1.29, 1.82) is 0 Å². The molecule has 0 aliphatic carbocycles. The van der Waals surface area contributed by atoms with Crippen LogP contribution in [0.1, 0.15) is 34.9 Å². The molecule has 0 radical (unpaired) electrons. The summed E-state index contributed by atoms with van der Waals surface area (Å²) in [6.07, 6.45) is -0.594. The first kappa shape index (κ1) is 16.5. The molecule has 3 N–H and O–H groups in total. The first-order valence-electron chi connectivity index (χ1n) is 6.93. The number of hydrogen-bond donors (Lipinski definition) is 2. The Hall–Kier alpha value is -0.880. The number of thiophene rings is 1. The smallest absolute Gasteiger partial charge is 0.119 e. The maximum absolute atomic E-state index is 10.6. The molecule has 2 atom stereocenters. The molecule has 2 rings (SSSR count). The van der Waals surface area contributed by atoms with Gasteiger partial charge in [0, 0.05) is 17.3 Å². The molecule has 2 aromatic rings. The Morgan fingerprint density at radius 1 is 1.33 bits per heavy atom. The van der Waals surface area contributed by atoms with Gasteiger partial charge in [0.05, 0.1) is 16.5 Å². The quantitative estimate of drug-likeness (QED) is 0.808. The molecule has 0 aliphatic heterocycles. The monoisotopic (exact) mass is 369 g/mol. The van der Waals surface area contributed by atoms with Crippen molar-refractivity contribution < 1.29 is 9.84 Å². The van der Waals surface area contributed by atoms with Crippen LogP contribution < -0.4 is 10.5 Å². The summed E-state index contributed by atoms with van der Waals surface area (Å²) in [5.41, 5.74) is 8.05. The molecule has 21 heavy (non-hydrogen) atoms. The highest BCUT2D eigenvalue weighted by molar-refractivity contribution is 9.11. The number of nitrogens with two attached hydrogens (primary N) is 1. The van der Waals surface area contributed by atoms with E-state index in [0.717, 1.165) is 25.5 Å². The second-order valence-corrected chi connectivity index (χ2v) is 7.30. The van der Waals surface area contributed by atoms with Crippen LogP contribution in [0.3, 0.4) is 0 Å². The number of hydrogen-bond acceptors (Lipinski definition) is 4. The third-order valence-corrected chi connectivity index (χ3v) is 5.63. The Kier molecular flexibility index (Phi) is 5.81. The summed E-state index contributed by atoms with van der Waals surface area (Å²) < 4.78 is 6.50. The Morgan fingerprint density at radius 3 is 2.48 bits per heavy atom. The van der Waals surface area contributed by atoms with Crippen molar-refractivity contribution in [2.75, 3.05) is 13.2 Å². The fraction of sp³-hybridized carbons (Fsp3) is 0.375. The molecule has 0 spiro atoms. The Morgan fingerprint density at radius 2 is 2.00 bits per heavy atom. The maximum Gasteiger partial charge on any atom is 0.119 e. The number of halogens is 1. The highest BCUT2D eigenvalue weighted by Gasteiger charge is 2.23. The van der Waals surface area contributed by atoms with Gasteiger partial charge in [-0.2, -0.15) is 0 Å². The average molecular weight is 370 g/mol. The van der Waals surface area contributed by atoms with Crippen molar-refractivity contribution in [2.24, 2.45) is 5.73 Å². The minimum absolute atomic E-state index is 0.120. The molecule has 0 fully saturated rings. The van der Waals surface area contributed by atoms with Crippen LogP contribution in [0.2, 0.25) is 0 Å². The van der Waals surface area contributed by atoms with Crippen LogP contribution in [0.15, 0.2) is 34.1 Å². The van der Waals surface area contributed by atoms with E-state index in [0.29, 0.717) is 13.2 Å². The molecule has 0 saturated heterocycles. The molecule has 0 saturated carbocycles. The fourth-order valence-corrected chi connectivity index (χ4v) is 3.88. The summed E-state index contributed by atoms with van der Waals surface area (Å²) in [6, 6.07) is 9.80. The van der Waals surface area contributed by atoms with Crippen molar-refractivity contribution in [3.8, 4) is 5.75 Å². The second kappa shape index (κ2) is 7.40. The van der Waals surface area contributed by atoms with Crippen LogP contribution in [0.25, 0.3) is 0 Å². The summed E-state index contributed by atoms with van der Waals surface area (Å²) in [6.45, 7) is 5.01. The predicted molar refractivity (Wildman–Crippen MR) is 91.1 cm³/mol. The molecule has 2 unspecified atom stereocenters. The van der Waals surface area contributed by atoms with Crippen molar-refractivity contribution in [3.63, 3.8) is 0 Å². The summed E-state index contributed by atoms with van der Waals surface area (Å²) in [4.78, 5) is 0.934. The highest BCUT2D eigenvalue weighted by atomic mass is 79.9. The SMILES string of the molecule is CCOc1ccc(C(CN)C(O)c2cc(C)c(Br)s2)cc1. The van der Waals surface area contributed by atoms with Gasteiger partial charge in [0.15, 0.2) is 0 Å². The van der Waals surface area contributed by atoms with E-state index >= 15 is 0 Å². The zero-order valence-corrected chi connectivity index (χ0v) is 14.6. The molecular formula is C16H20BrNO2S. The molecule has 1 aromatic heterocycles. The van der Waals surface area contributed by atoms with Crippen molar-refractivity contribution in [2.45, 2.75) is 25.9 Å². The zero-order valence-electron chi connectivity index (χ0n) is 12.2. The van der Waals surface area contributed by atoms with Gasteiger partial charge in [-0.25, -0.2) is 0 Å². The molecule has 1 aromatic carbocycles. The average Bonchev–Trinajstić information content (AvgIpc) is 2.81. The van der Waals surface area contributed by atoms with Crippen LogP contribution >= 0.6 is 27.3 Å². The normalized spacial score (nSPS) is 14.0. The third kappa shape index (κ3) is 3.86. The van der Waals surface area contributed by atoms with Crippen LogP contribution in [0.5, 0.6) is 5.75 Å². The molecule has 114 valence electrons. The van der Waals surface area contributed by atoms with Crippen LogP contribution in [0, 0.1) is 6.92 Å². The van der Waals surface area contributed by atoms with Gasteiger partial charge in [0.1, 0.15) is 5.75 Å². The number of aliphatic hydroxyl groups is 1. The first-order chi connectivity index (χ1) is 10.1. The number of benzene rings is 1. The van der Waals surface area contributed by atoms with E-state index in [1.165, 1.54) is 0 Å². The van der Waals surface area contributed by atoms with Gasteiger partial charge >= 0.3 is 0 Å². The minimum Gasteiger partial charge on any atom is -0.494 e. The molecule has 5 heteroatoms. The summed E-state index contributed by atoms with van der Waals surface area (Å²) in [7, 11) is 0. The van der Waals surface area contributed by atoms with Crippen molar-refractivity contribution in [3.05, 3.63) is 50.1 Å². The van der Waals surface area contributed by atoms with E-state index < -0.39 is 6.10 Å². The first-order valence-corrected chi connectivity index (χ1v) is 8.54. The third-order valence-electron chi connectivity index (χ3n) is 3.42. The highest BCUT2D eigenvalue weighted by Crippen LogP contribution is 2.38. The van der Waals surface area contributed by atoms with Crippen LogP contribution in [-0.4, -0.2) is 18.3 Å². The molecule has 0 aliphatic rings. The summed E-state index contributed by atoms with van der Waals surface area (Å²) in [5.74, 6) is 0.715. The van der Waals surface area contributed by atoms with E-state index in [4.69, 9.17) is 10.5 Å². The van der Waals surface area contributed by atoms with E-state index in [1.54, 1.807) is 11.3 Å². The van der Waals surface area contributed by atoms with E-state index in [-0.39, 0.29) is 5.92 Å². The Balaban J connectivity index is 2.21. The Bertz CT molecular complexity index is 563. The fourth-order valence-electron chi connectivity index (χ4n) is 2.25. The molecular weight excluding hydrogens is 350 g/mol. The largest absolute Gasteiger partial charge is 0.494 e. The van der Waals surface area contributed by atoms with E-state index in [2.05, 4.69) is 15.9 Å². The summed E-state index contributed by atoms with van der Waals surface area (Å²) in [5, 5.41) is 10.6. The van der Waals surface area contributed by atoms with E-state index in [9.17, 15) is 5.11 Å². The zero-order chi connectivity index (χ0) is 15.4. The van der Waals surface area contributed by atoms with Crippen LogP contribution in [0.4, 0.5) is 0 Å². The number of aliphatic hydroxyl groups excluding tert-OH is 1. The maximum atomic E-state index is 10.6. The van der Waals surface area contributed by atoms with Crippen LogP contribution in [-0.2, 0) is 0 Å². The van der Waals surface area contributed by atoms with Gasteiger partial charge in [-0.3, -0.25) is 0 Å². The minimum atomic E-state index is -0.594. The molecule has 3 nitrogen and oxygen atoms in total. The topological polar surface area (TPSA) is 55.5 Å². The number of aryl methyl sites for hydroxylation is 1. The van der Waals surface area contributed by atoms with Crippen molar-refractivity contribution in [1.82, 2.24) is 0 Å². The second-order valence-electron chi connectivity index (χ2n) is 4.89. The van der Waals surface area contributed by atoms with Gasteiger partial charge in [-0.15, -0.1) is 11.3 Å². The van der Waals surface area contributed by atoms with Gasteiger partial charge in [0.25, 0.3) is 0 Å². The van der Waals surface area contributed by atoms with Gasteiger partial charge < -0.3 is 15.6 Å². The number of ether oxygens (including phenoxy) is 1.